The molecule has 0 aliphatic heterocycles. The van der Waals surface area contributed by atoms with Crippen LogP contribution in [-0.4, -0.2) is 29.8 Å². The van der Waals surface area contributed by atoms with Crippen LogP contribution in [0.15, 0.2) is 53.3 Å². The van der Waals surface area contributed by atoms with E-state index in [1.807, 2.05) is 36.4 Å². The molecule has 0 radical (unpaired) electrons. The van der Waals surface area contributed by atoms with Crippen LogP contribution >= 0.6 is 0 Å². The second-order valence-electron chi connectivity index (χ2n) is 10.1. The fraction of sp³-hybridized carbons (Fsp3) is 0.448. The van der Waals surface area contributed by atoms with Crippen molar-refractivity contribution in [2.75, 3.05) is 0 Å². The molecule has 2 aromatic carbocycles. The summed E-state index contributed by atoms with van der Waals surface area (Å²) in [5.41, 5.74) is 5.30. The Kier molecular flexibility index (Phi) is 7.92. The number of H-pyrrole nitrogens is 1. The minimum absolute atomic E-state index is 0.0841. The SMILES string of the molecule is CCCc1c(CF)n(CCC2CCCCC2)c(=O)n1Cc1ccc(-c2ccccc2-c2nnn[nH]2)cc1. The summed E-state index contributed by atoms with van der Waals surface area (Å²) in [5, 5.41) is 14.3. The van der Waals surface area contributed by atoms with E-state index in [0.29, 0.717) is 36.9 Å². The van der Waals surface area contributed by atoms with Crippen LogP contribution in [-0.2, 0) is 26.2 Å². The molecule has 1 aliphatic rings. The van der Waals surface area contributed by atoms with E-state index in [1.165, 1.54) is 32.1 Å². The number of nitrogens with zero attached hydrogens (tertiary/aromatic N) is 5. The molecule has 1 fully saturated rings. The second kappa shape index (κ2) is 11.7. The topological polar surface area (TPSA) is 81.4 Å². The minimum Gasteiger partial charge on any atom is -0.293 e. The molecule has 4 aromatic rings. The number of aromatic nitrogens is 6. The number of hydrogen-bond acceptors (Lipinski definition) is 4. The lowest BCUT2D eigenvalue weighted by Gasteiger charge is -2.21. The van der Waals surface area contributed by atoms with Crippen molar-refractivity contribution < 1.29 is 4.39 Å². The highest BCUT2D eigenvalue weighted by molar-refractivity contribution is 5.80. The van der Waals surface area contributed by atoms with Gasteiger partial charge in [-0.25, -0.2) is 14.3 Å². The maximum Gasteiger partial charge on any atom is 0.328 e. The van der Waals surface area contributed by atoms with Crippen LogP contribution in [0.4, 0.5) is 4.39 Å². The van der Waals surface area contributed by atoms with E-state index in [1.54, 1.807) is 9.13 Å². The van der Waals surface area contributed by atoms with Crippen LogP contribution in [0.5, 0.6) is 0 Å². The molecule has 2 heterocycles. The van der Waals surface area contributed by atoms with E-state index in [0.717, 1.165) is 40.8 Å². The Balaban J connectivity index is 1.40. The fourth-order valence-corrected chi connectivity index (χ4v) is 5.72. The Bertz CT molecular complexity index is 1350. The van der Waals surface area contributed by atoms with Gasteiger partial charge in [0.05, 0.1) is 12.2 Å². The van der Waals surface area contributed by atoms with Gasteiger partial charge in [0.1, 0.15) is 6.67 Å². The first-order chi connectivity index (χ1) is 18.2. The van der Waals surface area contributed by atoms with Crippen molar-refractivity contribution in [2.24, 2.45) is 5.92 Å². The minimum atomic E-state index is -0.603. The zero-order valence-electron chi connectivity index (χ0n) is 21.5. The van der Waals surface area contributed by atoms with E-state index in [4.69, 9.17) is 0 Å². The van der Waals surface area contributed by atoms with Crippen LogP contribution < -0.4 is 5.69 Å². The Labute approximate surface area is 216 Å². The normalized spacial score (nSPS) is 14.3. The lowest BCUT2D eigenvalue weighted by atomic mass is 9.87. The molecular formula is C29H35FN6O. The molecule has 1 N–H and O–H groups in total. The molecule has 1 aliphatic carbocycles. The van der Waals surface area contributed by atoms with E-state index in [-0.39, 0.29) is 5.69 Å². The highest BCUT2D eigenvalue weighted by Crippen LogP contribution is 2.30. The van der Waals surface area contributed by atoms with Gasteiger partial charge >= 0.3 is 5.69 Å². The molecule has 0 atom stereocenters. The third kappa shape index (κ3) is 5.43. The highest BCUT2D eigenvalue weighted by atomic mass is 19.1. The molecular weight excluding hydrogens is 467 g/mol. The van der Waals surface area contributed by atoms with Gasteiger partial charge in [-0.05, 0) is 45.9 Å². The Morgan fingerprint density at radius 2 is 1.73 bits per heavy atom. The summed E-state index contributed by atoms with van der Waals surface area (Å²) in [7, 11) is 0. The molecule has 37 heavy (non-hydrogen) atoms. The number of halogens is 1. The van der Waals surface area contributed by atoms with Gasteiger partial charge in [0.15, 0.2) is 5.82 Å². The average molecular weight is 503 g/mol. The molecule has 0 amide bonds. The molecule has 1 saturated carbocycles. The van der Waals surface area contributed by atoms with Gasteiger partial charge in [0.2, 0.25) is 0 Å². The predicted molar refractivity (Wildman–Crippen MR) is 143 cm³/mol. The number of rotatable bonds is 10. The maximum absolute atomic E-state index is 14.3. The third-order valence-electron chi connectivity index (χ3n) is 7.68. The van der Waals surface area contributed by atoms with Crippen LogP contribution in [0, 0.1) is 5.92 Å². The number of nitrogens with one attached hydrogen (secondary N) is 1. The predicted octanol–water partition coefficient (Wildman–Crippen LogP) is 5.94. The van der Waals surface area contributed by atoms with Crippen LogP contribution in [0.2, 0.25) is 0 Å². The van der Waals surface area contributed by atoms with E-state index >= 15 is 0 Å². The molecule has 194 valence electrons. The number of aromatic amines is 1. The van der Waals surface area contributed by atoms with Crippen molar-refractivity contribution in [1.82, 2.24) is 29.8 Å². The van der Waals surface area contributed by atoms with Crippen molar-refractivity contribution >= 4 is 0 Å². The van der Waals surface area contributed by atoms with Crippen LogP contribution in [0.3, 0.4) is 0 Å². The van der Waals surface area contributed by atoms with Gasteiger partial charge < -0.3 is 0 Å². The monoisotopic (exact) mass is 502 g/mol. The summed E-state index contributed by atoms with van der Waals surface area (Å²) < 4.78 is 17.8. The fourth-order valence-electron chi connectivity index (χ4n) is 5.72. The van der Waals surface area contributed by atoms with Gasteiger partial charge in [0, 0.05) is 17.8 Å². The maximum atomic E-state index is 14.3. The highest BCUT2D eigenvalue weighted by Gasteiger charge is 2.21. The second-order valence-corrected chi connectivity index (χ2v) is 10.1. The Morgan fingerprint density at radius 3 is 2.41 bits per heavy atom. The molecule has 0 spiro atoms. The van der Waals surface area contributed by atoms with Crippen molar-refractivity contribution in [3.8, 4) is 22.5 Å². The van der Waals surface area contributed by atoms with Crippen LogP contribution in [0.25, 0.3) is 22.5 Å². The van der Waals surface area contributed by atoms with Crippen molar-refractivity contribution in [2.45, 2.75) is 78.1 Å². The number of benzene rings is 2. The quantitative estimate of drug-likeness (QED) is 0.291. The molecule has 0 unspecified atom stereocenters. The zero-order valence-corrected chi connectivity index (χ0v) is 21.5. The third-order valence-corrected chi connectivity index (χ3v) is 7.68. The number of imidazole rings is 1. The standard InChI is InChI=1S/C29H35FN6O/c1-2-8-26-27(19-30)35(18-17-21-9-4-3-5-10-21)29(37)36(26)20-22-13-15-23(16-14-22)24-11-6-7-12-25(24)28-31-33-34-32-28/h6-7,11-16,21H,2-5,8-10,17-20H2,1H3,(H,31,32,33,34). The smallest absolute Gasteiger partial charge is 0.293 e. The Hall–Kier alpha value is -3.55. The van der Waals surface area contributed by atoms with E-state index < -0.39 is 6.67 Å². The average Bonchev–Trinajstić information content (AvgIpc) is 3.56. The summed E-state index contributed by atoms with van der Waals surface area (Å²) in [6.45, 7) is 2.52. The van der Waals surface area contributed by atoms with Crippen molar-refractivity contribution in [1.29, 1.82) is 0 Å². The van der Waals surface area contributed by atoms with Crippen molar-refractivity contribution in [3.63, 3.8) is 0 Å². The largest absolute Gasteiger partial charge is 0.328 e. The number of alkyl halides is 1. The molecule has 2 aromatic heterocycles. The summed E-state index contributed by atoms with van der Waals surface area (Å²) >= 11 is 0. The van der Waals surface area contributed by atoms with Gasteiger partial charge in [-0.3, -0.25) is 9.13 Å². The molecule has 5 rings (SSSR count). The first-order valence-electron chi connectivity index (χ1n) is 13.5. The van der Waals surface area contributed by atoms with Gasteiger partial charge in [-0.15, -0.1) is 5.10 Å². The first kappa shape index (κ1) is 25.1. The molecule has 8 heteroatoms. The summed E-state index contributed by atoms with van der Waals surface area (Å²) in [6.07, 6.45) is 8.82. The van der Waals surface area contributed by atoms with E-state index in [2.05, 4.69) is 39.7 Å². The van der Waals surface area contributed by atoms with Crippen molar-refractivity contribution in [3.05, 3.63) is 76.0 Å². The van der Waals surface area contributed by atoms with Gasteiger partial charge in [-0.2, -0.15) is 0 Å². The number of hydrogen-bond donors (Lipinski definition) is 1. The number of tetrazole rings is 1. The summed E-state index contributed by atoms with van der Waals surface area (Å²) in [4.78, 5) is 13.5. The first-order valence-corrected chi connectivity index (χ1v) is 13.5. The Morgan fingerprint density at radius 1 is 0.973 bits per heavy atom. The molecule has 0 bridgehead atoms. The summed E-state index contributed by atoms with van der Waals surface area (Å²) in [5.74, 6) is 1.26. The lowest BCUT2D eigenvalue weighted by molar-refractivity contribution is 0.318. The lowest BCUT2D eigenvalue weighted by Crippen LogP contribution is -2.27. The zero-order chi connectivity index (χ0) is 25.6. The van der Waals surface area contributed by atoms with Gasteiger partial charge in [-0.1, -0.05) is 94.0 Å². The van der Waals surface area contributed by atoms with Gasteiger partial charge in [0.25, 0.3) is 0 Å². The molecule has 0 saturated heterocycles. The van der Waals surface area contributed by atoms with Crippen LogP contribution in [0.1, 0.15) is 68.8 Å². The molecule has 7 nitrogen and oxygen atoms in total. The summed E-state index contributed by atoms with van der Waals surface area (Å²) in [6, 6.07) is 16.2. The van der Waals surface area contributed by atoms with E-state index in [9.17, 15) is 9.18 Å².